The number of hydrogen-bond donors (Lipinski definition) is 4. The smallest absolute Gasteiger partial charge is 0.271 e. The number of carbonyl (C=O) groups excluding carboxylic acids is 1. The number of benzene rings is 2. The van der Waals surface area contributed by atoms with Crippen molar-refractivity contribution in [2.45, 2.75) is 6.92 Å². The Morgan fingerprint density at radius 3 is 2.28 bits per heavy atom. The van der Waals surface area contributed by atoms with E-state index in [4.69, 9.17) is 0 Å². The SMILES string of the molecule is C/C(=N\NC(=O)c1cc(O)cc(O)c1)c1cccc(NS(C)(=O)=O)c1. The van der Waals surface area contributed by atoms with Crippen LogP contribution in [0.1, 0.15) is 22.8 Å². The molecule has 0 aromatic heterocycles. The molecule has 2 aromatic carbocycles. The van der Waals surface area contributed by atoms with Crippen LogP contribution in [0.15, 0.2) is 47.6 Å². The minimum absolute atomic E-state index is 0.0431. The molecule has 0 saturated carbocycles. The van der Waals surface area contributed by atoms with E-state index in [1.165, 1.54) is 12.1 Å². The molecule has 8 nitrogen and oxygen atoms in total. The zero-order valence-corrected chi connectivity index (χ0v) is 14.3. The number of nitrogens with zero attached hydrogens (tertiary/aromatic N) is 1. The molecule has 1 amide bonds. The van der Waals surface area contributed by atoms with Gasteiger partial charge in [-0.2, -0.15) is 5.10 Å². The first-order valence-electron chi connectivity index (χ1n) is 7.10. The zero-order chi connectivity index (χ0) is 18.6. The maximum absolute atomic E-state index is 12.0. The summed E-state index contributed by atoms with van der Waals surface area (Å²) in [5, 5.41) is 22.7. The topological polar surface area (TPSA) is 128 Å². The first-order chi connectivity index (χ1) is 11.6. The van der Waals surface area contributed by atoms with E-state index in [0.717, 1.165) is 12.3 Å². The summed E-state index contributed by atoms with van der Waals surface area (Å²) in [6.07, 6.45) is 1.05. The van der Waals surface area contributed by atoms with Gasteiger partial charge in [-0.1, -0.05) is 12.1 Å². The van der Waals surface area contributed by atoms with Crippen LogP contribution in [0.2, 0.25) is 0 Å². The van der Waals surface area contributed by atoms with Crippen molar-refractivity contribution in [1.82, 2.24) is 5.43 Å². The molecule has 0 fully saturated rings. The second kappa shape index (κ2) is 7.22. The van der Waals surface area contributed by atoms with Gasteiger partial charge in [0.05, 0.1) is 12.0 Å². The molecule has 0 aliphatic carbocycles. The monoisotopic (exact) mass is 363 g/mol. The van der Waals surface area contributed by atoms with Gasteiger partial charge in [0.25, 0.3) is 5.91 Å². The highest BCUT2D eigenvalue weighted by atomic mass is 32.2. The van der Waals surface area contributed by atoms with E-state index in [-0.39, 0.29) is 17.1 Å². The van der Waals surface area contributed by atoms with Crippen LogP contribution in [-0.2, 0) is 10.0 Å². The third kappa shape index (κ3) is 5.50. The van der Waals surface area contributed by atoms with Gasteiger partial charge in [0.2, 0.25) is 10.0 Å². The lowest BCUT2D eigenvalue weighted by molar-refractivity contribution is 0.0954. The van der Waals surface area contributed by atoms with Gasteiger partial charge in [0.15, 0.2) is 0 Å². The van der Waals surface area contributed by atoms with Crippen molar-refractivity contribution < 1.29 is 23.4 Å². The summed E-state index contributed by atoms with van der Waals surface area (Å²) < 4.78 is 24.9. The maximum Gasteiger partial charge on any atom is 0.271 e. The number of hydrogen-bond acceptors (Lipinski definition) is 6. The number of sulfonamides is 1. The highest BCUT2D eigenvalue weighted by Gasteiger charge is 2.09. The van der Waals surface area contributed by atoms with Crippen molar-refractivity contribution in [2.75, 3.05) is 11.0 Å². The number of aromatic hydroxyl groups is 2. The largest absolute Gasteiger partial charge is 0.508 e. The molecule has 0 radical (unpaired) electrons. The van der Waals surface area contributed by atoms with Crippen molar-refractivity contribution in [3.63, 3.8) is 0 Å². The minimum Gasteiger partial charge on any atom is -0.508 e. The molecule has 0 spiro atoms. The Balaban J connectivity index is 2.16. The molecule has 0 unspecified atom stereocenters. The van der Waals surface area contributed by atoms with Crippen LogP contribution in [0, 0.1) is 0 Å². The number of carbonyl (C=O) groups is 1. The zero-order valence-electron chi connectivity index (χ0n) is 13.5. The average Bonchev–Trinajstić information content (AvgIpc) is 2.50. The fraction of sp³-hybridized carbons (Fsp3) is 0.125. The van der Waals surface area contributed by atoms with Crippen molar-refractivity contribution in [3.8, 4) is 11.5 Å². The lowest BCUT2D eigenvalue weighted by Crippen LogP contribution is -2.19. The molecule has 0 aliphatic heterocycles. The summed E-state index contributed by atoms with van der Waals surface area (Å²) in [6, 6.07) is 10.0. The second-order valence-electron chi connectivity index (χ2n) is 5.33. The Morgan fingerprint density at radius 1 is 1.04 bits per heavy atom. The summed E-state index contributed by atoms with van der Waals surface area (Å²) in [4.78, 5) is 12.0. The van der Waals surface area contributed by atoms with E-state index in [0.29, 0.717) is 17.0 Å². The van der Waals surface area contributed by atoms with Crippen molar-refractivity contribution in [2.24, 2.45) is 5.10 Å². The van der Waals surface area contributed by atoms with E-state index < -0.39 is 15.9 Å². The Bertz CT molecular complexity index is 918. The predicted molar refractivity (Wildman–Crippen MR) is 94.4 cm³/mol. The first kappa shape index (κ1) is 18.3. The maximum atomic E-state index is 12.0. The summed E-state index contributed by atoms with van der Waals surface area (Å²) >= 11 is 0. The van der Waals surface area contributed by atoms with Crippen LogP contribution >= 0.6 is 0 Å². The molecule has 0 atom stereocenters. The highest BCUT2D eigenvalue weighted by molar-refractivity contribution is 7.92. The number of hydrazone groups is 1. The van der Waals surface area contributed by atoms with Gasteiger partial charge in [0.1, 0.15) is 11.5 Å². The summed E-state index contributed by atoms with van der Waals surface area (Å²) in [5.74, 6) is -1.10. The molecular weight excluding hydrogens is 346 g/mol. The molecule has 0 saturated heterocycles. The van der Waals surface area contributed by atoms with Gasteiger partial charge >= 0.3 is 0 Å². The van der Waals surface area contributed by atoms with Crippen LogP contribution in [-0.4, -0.2) is 36.5 Å². The molecule has 4 N–H and O–H groups in total. The third-order valence-electron chi connectivity index (χ3n) is 3.07. The minimum atomic E-state index is -3.40. The van der Waals surface area contributed by atoms with Gasteiger partial charge < -0.3 is 10.2 Å². The molecule has 9 heteroatoms. The molecule has 132 valence electrons. The lowest BCUT2D eigenvalue weighted by atomic mass is 10.1. The van der Waals surface area contributed by atoms with Crippen molar-refractivity contribution >= 4 is 27.3 Å². The van der Waals surface area contributed by atoms with Crippen molar-refractivity contribution in [1.29, 1.82) is 0 Å². The van der Waals surface area contributed by atoms with E-state index >= 15 is 0 Å². The average molecular weight is 363 g/mol. The quantitative estimate of drug-likeness (QED) is 0.474. The van der Waals surface area contributed by atoms with E-state index in [1.807, 2.05) is 0 Å². The summed E-state index contributed by atoms with van der Waals surface area (Å²) in [6.45, 7) is 1.64. The predicted octanol–water partition coefficient (Wildman–Crippen LogP) is 1.62. The van der Waals surface area contributed by atoms with Crippen LogP contribution in [0.5, 0.6) is 11.5 Å². The van der Waals surface area contributed by atoms with E-state index in [2.05, 4.69) is 15.2 Å². The van der Waals surface area contributed by atoms with Crippen LogP contribution < -0.4 is 10.1 Å². The summed E-state index contributed by atoms with van der Waals surface area (Å²) in [7, 11) is -3.40. The summed E-state index contributed by atoms with van der Waals surface area (Å²) in [5.41, 5.74) is 3.77. The fourth-order valence-electron chi connectivity index (χ4n) is 2.01. The molecule has 0 heterocycles. The van der Waals surface area contributed by atoms with Gasteiger partial charge in [-0.25, -0.2) is 13.8 Å². The van der Waals surface area contributed by atoms with Crippen molar-refractivity contribution in [3.05, 3.63) is 53.6 Å². The van der Waals surface area contributed by atoms with Gasteiger partial charge in [-0.3, -0.25) is 9.52 Å². The standard InChI is InChI=1S/C16H17N3O5S/c1-10(11-4-3-5-13(6-11)19-25(2,23)24)17-18-16(22)12-7-14(20)9-15(21)8-12/h3-9,19-21H,1-2H3,(H,18,22)/b17-10+. The van der Waals surface area contributed by atoms with Gasteiger partial charge in [0, 0.05) is 17.3 Å². The van der Waals surface area contributed by atoms with Crippen LogP contribution in [0.3, 0.4) is 0 Å². The Kier molecular flexibility index (Phi) is 5.28. The first-order valence-corrected chi connectivity index (χ1v) is 8.99. The Labute approximate surface area is 144 Å². The molecule has 2 rings (SSSR count). The van der Waals surface area contributed by atoms with Crippen LogP contribution in [0.25, 0.3) is 0 Å². The number of rotatable bonds is 5. The number of nitrogens with one attached hydrogen (secondary N) is 2. The number of anilines is 1. The second-order valence-corrected chi connectivity index (χ2v) is 7.08. The van der Waals surface area contributed by atoms with Crippen LogP contribution in [0.4, 0.5) is 5.69 Å². The molecule has 25 heavy (non-hydrogen) atoms. The molecule has 2 aromatic rings. The number of phenolic OH excluding ortho intramolecular Hbond substituents is 2. The molecule has 0 aliphatic rings. The van der Waals surface area contributed by atoms with Gasteiger partial charge in [-0.15, -0.1) is 0 Å². The van der Waals surface area contributed by atoms with E-state index in [9.17, 15) is 23.4 Å². The molecular formula is C16H17N3O5S. The fourth-order valence-corrected chi connectivity index (χ4v) is 2.57. The van der Waals surface area contributed by atoms with E-state index in [1.54, 1.807) is 31.2 Å². The highest BCUT2D eigenvalue weighted by Crippen LogP contribution is 2.20. The Hall–Kier alpha value is -3.07. The normalized spacial score (nSPS) is 11.8. The third-order valence-corrected chi connectivity index (χ3v) is 3.68. The number of phenols is 2. The number of amides is 1. The Morgan fingerprint density at radius 2 is 1.68 bits per heavy atom. The molecule has 0 bridgehead atoms. The van der Waals surface area contributed by atoms with Gasteiger partial charge in [-0.05, 0) is 36.8 Å². The lowest BCUT2D eigenvalue weighted by Gasteiger charge is -2.07.